The Morgan fingerprint density at radius 3 is 2.48 bits per heavy atom. The number of nitrogens with two attached hydrogens (primary N) is 1. The molecule has 0 aliphatic rings. The van der Waals surface area contributed by atoms with Crippen molar-refractivity contribution in [3.05, 3.63) is 59.7 Å². The first-order valence-corrected chi connectivity index (χ1v) is 6.17. The molecule has 2 aromatic rings. The summed E-state index contributed by atoms with van der Waals surface area (Å²) >= 11 is 0. The van der Waals surface area contributed by atoms with E-state index in [4.69, 9.17) is 10.5 Å². The molecule has 4 nitrogen and oxygen atoms in total. The number of methoxy groups -OCH3 is 1. The number of rotatable bonds is 4. The number of halogens is 2. The van der Waals surface area contributed by atoms with E-state index in [0.29, 0.717) is 5.56 Å². The molecule has 0 heterocycles. The molecule has 0 spiro atoms. The van der Waals surface area contributed by atoms with Crippen molar-refractivity contribution in [1.29, 1.82) is 0 Å². The van der Waals surface area contributed by atoms with Gasteiger partial charge in [0.15, 0.2) is 17.7 Å². The highest BCUT2D eigenvalue weighted by molar-refractivity contribution is 5.83. The number of carbonyl (C=O) groups excluding carboxylic acids is 1. The lowest BCUT2D eigenvalue weighted by Crippen LogP contribution is -2.23. The van der Waals surface area contributed by atoms with Gasteiger partial charge in [-0.1, -0.05) is 30.3 Å². The average molecular weight is 292 g/mol. The summed E-state index contributed by atoms with van der Waals surface area (Å²) in [5.74, 6) is -2.83. The Balaban J connectivity index is 2.41. The molecule has 2 rings (SSSR count). The fourth-order valence-electron chi connectivity index (χ4n) is 1.90. The van der Waals surface area contributed by atoms with Crippen LogP contribution in [0.3, 0.4) is 0 Å². The normalized spacial score (nSPS) is 11.8. The highest BCUT2D eigenvalue weighted by Crippen LogP contribution is 2.29. The van der Waals surface area contributed by atoms with Crippen molar-refractivity contribution in [1.82, 2.24) is 0 Å². The van der Waals surface area contributed by atoms with E-state index in [-0.39, 0.29) is 11.4 Å². The molecule has 3 N–H and O–H groups in total. The topological polar surface area (TPSA) is 64.3 Å². The van der Waals surface area contributed by atoms with E-state index < -0.39 is 23.6 Å². The second-order valence-electron chi connectivity index (χ2n) is 4.34. The number of benzene rings is 2. The summed E-state index contributed by atoms with van der Waals surface area (Å²) in [5.41, 5.74) is 5.92. The zero-order valence-electron chi connectivity index (χ0n) is 11.3. The van der Waals surface area contributed by atoms with Crippen molar-refractivity contribution in [2.24, 2.45) is 0 Å². The highest BCUT2D eigenvalue weighted by atomic mass is 19.2. The van der Waals surface area contributed by atoms with Crippen LogP contribution in [0.5, 0.6) is 0 Å². The number of nitrogens with one attached hydrogen (secondary N) is 1. The first-order chi connectivity index (χ1) is 10.0. The van der Waals surface area contributed by atoms with Gasteiger partial charge in [0.1, 0.15) is 0 Å². The lowest BCUT2D eigenvalue weighted by molar-refractivity contribution is -0.141. The molecule has 6 heteroatoms. The summed E-state index contributed by atoms with van der Waals surface area (Å²) in [6, 6.07) is 9.70. The van der Waals surface area contributed by atoms with Crippen LogP contribution in [-0.2, 0) is 9.53 Å². The molecule has 0 bridgehead atoms. The zero-order chi connectivity index (χ0) is 15.4. The molecule has 0 fully saturated rings. The van der Waals surface area contributed by atoms with Crippen LogP contribution in [0, 0.1) is 11.6 Å². The number of anilines is 2. The minimum Gasteiger partial charge on any atom is -0.467 e. The first-order valence-electron chi connectivity index (χ1n) is 6.17. The molecular weight excluding hydrogens is 278 g/mol. The van der Waals surface area contributed by atoms with E-state index in [1.165, 1.54) is 13.2 Å². The predicted octanol–water partition coefficient (Wildman–Crippen LogP) is 2.87. The fourth-order valence-corrected chi connectivity index (χ4v) is 1.90. The molecule has 0 amide bonds. The summed E-state index contributed by atoms with van der Waals surface area (Å²) in [5, 5.41) is 2.61. The molecule has 0 saturated heterocycles. The molecule has 1 unspecified atom stereocenters. The summed E-state index contributed by atoms with van der Waals surface area (Å²) in [7, 11) is 1.21. The quantitative estimate of drug-likeness (QED) is 0.672. The number of esters is 1. The van der Waals surface area contributed by atoms with Crippen LogP contribution in [0.1, 0.15) is 11.6 Å². The van der Waals surface area contributed by atoms with E-state index in [0.717, 1.165) is 6.07 Å². The average Bonchev–Trinajstić information content (AvgIpc) is 2.51. The van der Waals surface area contributed by atoms with Crippen LogP contribution < -0.4 is 11.1 Å². The number of hydrogen-bond donors (Lipinski definition) is 2. The third-order valence-corrected chi connectivity index (χ3v) is 2.99. The second-order valence-corrected chi connectivity index (χ2v) is 4.34. The van der Waals surface area contributed by atoms with Gasteiger partial charge in [-0.05, 0) is 17.7 Å². The van der Waals surface area contributed by atoms with Gasteiger partial charge in [-0.15, -0.1) is 0 Å². The monoisotopic (exact) mass is 292 g/mol. The van der Waals surface area contributed by atoms with Crippen LogP contribution in [0.25, 0.3) is 0 Å². The number of ether oxygens (including phenoxy) is 1. The predicted molar refractivity (Wildman–Crippen MR) is 75.6 cm³/mol. The molecule has 0 aromatic heterocycles. The Bertz CT molecular complexity index is 648. The molecule has 0 saturated carbocycles. The molecule has 110 valence electrons. The van der Waals surface area contributed by atoms with Crippen LogP contribution in [-0.4, -0.2) is 13.1 Å². The van der Waals surface area contributed by atoms with Crippen molar-refractivity contribution >= 4 is 17.3 Å². The lowest BCUT2D eigenvalue weighted by atomic mass is 10.1. The third-order valence-electron chi connectivity index (χ3n) is 2.99. The summed E-state index contributed by atoms with van der Waals surface area (Å²) in [6.45, 7) is 0. The molecule has 2 aromatic carbocycles. The minimum atomic E-state index is -1.14. The van der Waals surface area contributed by atoms with Crippen molar-refractivity contribution < 1.29 is 18.3 Å². The van der Waals surface area contributed by atoms with Gasteiger partial charge in [-0.3, -0.25) is 0 Å². The largest absolute Gasteiger partial charge is 0.467 e. The fraction of sp³-hybridized carbons (Fsp3) is 0.133. The van der Waals surface area contributed by atoms with Gasteiger partial charge < -0.3 is 15.8 Å². The molecular formula is C15H14F2N2O2. The highest BCUT2D eigenvalue weighted by Gasteiger charge is 2.24. The maximum Gasteiger partial charge on any atom is 0.332 e. The van der Waals surface area contributed by atoms with Crippen molar-refractivity contribution in [2.75, 3.05) is 18.2 Å². The van der Waals surface area contributed by atoms with E-state index in [1.807, 2.05) is 0 Å². The summed E-state index contributed by atoms with van der Waals surface area (Å²) < 4.78 is 31.8. The van der Waals surface area contributed by atoms with Crippen LogP contribution in [0.2, 0.25) is 0 Å². The molecule has 0 radical (unpaired) electrons. The number of carbonyl (C=O) groups is 1. The van der Waals surface area contributed by atoms with Crippen LogP contribution >= 0.6 is 0 Å². The van der Waals surface area contributed by atoms with Gasteiger partial charge >= 0.3 is 5.97 Å². The summed E-state index contributed by atoms with van der Waals surface area (Å²) in [6.07, 6.45) is 0. The van der Waals surface area contributed by atoms with Crippen LogP contribution in [0.4, 0.5) is 20.2 Å². The van der Waals surface area contributed by atoms with Crippen molar-refractivity contribution in [3.63, 3.8) is 0 Å². The van der Waals surface area contributed by atoms with Gasteiger partial charge in [-0.25, -0.2) is 13.6 Å². The maximum absolute atomic E-state index is 13.8. The number of hydrogen-bond acceptors (Lipinski definition) is 4. The Labute approximate surface area is 120 Å². The standard InChI is InChI=1S/C15H14F2N2O2/c1-21-15(20)13(9-5-3-2-4-6-9)19-14-11(18)8-7-10(16)12(14)17/h2-8,13,19H,18H2,1H3. The molecule has 21 heavy (non-hydrogen) atoms. The zero-order valence-corrected chi connectivity index (χ0v) is 11.3. The van der Waals surface area contributed by atoms with Crippen LogP contribution in [0.15, 0.2) is 42.5 Å². The van der Waals surface area contributed by atoms with E-state index in [1.54, 1.807) is 30.3 Å². The third kappa shape index (κ3) is 3.10. The lowest BCUT2D eigenvalue weighted by Gasteiger charge is -2.19. The summed E-state index contributed by atoms with van der Waals surface area (Å²) in [4.78, 5) is 11.9. The Morgan fingerprint density at radius 2 is 1.86 bits per heavy atom. The SMILES string of the molecule is COC(=O)C(Nc1c(N)ccc(F)c1F)c1ccccc1. The Hall–Kier alpha value is -2.63. The van der Waals surface area contributed by atoms with Gasteiger partial charge in [0, 0.05) is 0 Å². The van der Waals surface area contributed by atoms with Gasteiger partial charge in [0.25, 0.3) is 0 Å². The second kappa shape index (κ2) is 6.21. The Morgan fingerprint density at radius 1 is 1.19 bits per heavy atom. The van der Waals surface area contributed by atoms with E-state index in [2.05, 4.69) is 5.32 Å². The van der Waals surface area contributed by atoms with Gasteiger partial charge in [0.2, 0.25) is 0 Å². The van der Waals surface area contributed by atoms with Gasteiger partial charge in [0.05, 0.1) is 18.5 Å². The Kier molecular flexibility index (Phi) is 4.37. The molecule has 0 aliphatic carbocycles. The first kappa shape index (κ1) is 14.8. The van der Waals surface area contributed by atoms with E-state index >= 15 is 0 Å². The maximum atomic E-state index is 13.8. The molecule has 0 aliphatic heterocycles. The molecule has 1 atom stereocenters. The van der Waals surface area contributed by atoms with E-state index in [9.17, 15) is 13.6 Å². The smallest absolute Gasteiger partial charge is 0.332 e. The van der Waals surface area contributed by atoms with Crippen molar-refractivity contribution in [3.8, 4) is 0 Å². The number of nitrogen functional groups attached to an aromatic ring is 1. The van der Waals surface area contributed by atoms with Gasteiger partial charge in [-0.2, -0.15) is 0 Å². The minimum absolute atomic E-state index is 0.00117. The van der Waals surface area contributed by atoms with Crippen molar-refractivity contribution in [2.45, 2.75) is 6.04 Å².